The van der Waals surface area contributed by atoms with E-state index in [9.17, 15) is 14.7 Å². The monoisotopic (exact) mass is 293 g/mol. The molecule has 0 bridgehead atoms. The van der Waals surface area contributed by atoms with Gasteiger partial charge < -0.3 is 15.7 Å². The highest BCUT2D eigenvalue weighted by Gasteiger charge is 2.15. The summed E-state index contributed by atoms with van der Waals surface area (Å²) in [5.74, 6) is -0.359. The molecule has 0 aliphatic heterocycles. The number of nitrogens with one attached hydrogen (secondary N) is 2. The van der Waals surface area contributed by atoms with Crippen LogP contribution in [0.2, 0.25) is 0 Å². The Morgan fingerprint density at radius 2 is 2.00 bits per heavy atom. The molecule has 0 aliphatic carbocycles. The summed E-state index contributed by atoms with van der Waals surface area (Å²) >= 11 is 0. The highest BCUT2D eigenvalue weighted by molar-refractivity contribution is 5.94. The molecule has 116 valence electrons. The van der Waals surface area contributed by atoms with Crippen molar-refractivity contribution < 1.29 is 14.7 Å². The van der Waals surface area contributed by atoms with Crippen LogP contribution in [0.15, 0.2) is 6.07 Å². The van der Waals surface area contributed by atoms with Crippen LogP contribution in [0.1, 0.15) is 41.9 Å². The number of rotatable bonds is 7. The second-order valence-corrected chi connectivity index (χ2v) is 5.48. The van der Waals surface area contributed by atoms with E-state index in [4.69, 9.17) is 0 Å². The van der Waals surface area contributed by atoms with Gasteiger partial charge in [-0.1, -0.05) is 13.8 Å². The third-order valence-corrected chi connectivity index (χ3v) is 2.91. The van der Waals surface area contributed by atoms with Gasteiger partial charge in [-0.3, -0.25) is 4.79 Å². The number of aromatic nitrogens is 1. The second-order valence-electron chi connectivity index (χ2n) is 5.48. The van der Waals surface area contributed by atoms with Gasteiger partial charge in [-0.15, -0.1) is 0 Å². The van der Waals surface area contributed by atoms with Gasteiger partial charge in [0.15, 0.2) is 0 Å². The molecule has 0 radical (unpaired) electrons. The summed E-state index contributed by atoms with van der Waals surface area (Å²) in [6.45, 7) is 8.58. The first kappa shape index (κ1) is 16.9. The molecule has 1 amide bonds. The normalized spacial score (nSPS) is 10.5. The number of carbonyl (C=O) groups is 2. The Morgan fingerprint density at radius 1 is 1.33 bits per heavy atom. The van der Waals surface area contributed by atoms with E-state index in [2.05, 4.69) is 15.6 Å². The standard InChI is InChI=1S/C15H23N3O3/c1-9(2)8-17-12(19)5-6-16-14-13(15(20)21)10(3)7-11(4)18-14/h7,9H,5-6,8H2,1-4H3,(H,16,18)(H,17,19)(H,20,21). The predicted octanol–water partition coefficient (Wildman–Crippen LogP) is 1.97. The first-order valence-corrected chi connectivity index (χ1v) is 7.03. The van der Waals surface area contributed by atoms with Gasteiger partial charge >= 0.3 is 5.97 Å². The predicted molar refractivity (Wildman–Crippen MR) is 81.6 cm³/mol. The Labute approximate surface area is 125 Å². The zero-order valence-corrected chi connectivity index (χ0v) is 13.0. The molecule has 21 heavy (non-hydrogen) atoms. The maximum atomic E-state index is 11.6. The van der Waals surface area contributed by atoms with Crippen molar-refractivity contribution in [3.63, 3.8) is 0 Å². The van der Waals surface area contributed by atoms with E-state index in [1.165, 1.54) is 0 Å². The van der Waals surface area contributed by atoms with Crippen molar-refractivity contribution in [3.8, 4) is 0 Å². The van der Waals surface area contributed by atoms with Crippen LogP contribution >= 0.6 is 0 Å². The van der Waals surface area contributed by atoms with Gasteiger partial charge in [0.2, 0.25) is 5.91 Å². The van der Waals surface area contributed by atoms with E-state index in [0.717, 1.165) is 5.69 Å². The average molecular weight is 293 g/mol. The average Bonchev–Trinajstić information content (AvgIpc) is 2.34. The number of carboxylic acid groups (broad SMARTS) is 1. The van der Waals surface area contributed by atoms with Gasteiger partial charge in [-0.2, -0.15) is 0 Å². The minimum Gasteiger partial charge on any atom is -0.478 e. The molecule has 1 aromatic rings. The molecule has 6 heteroatoms. The lowest BCUT2D eigenvalue weighted by molar-refractivity contribution is -0.120. The molecular formula is C15H23N3O3. The molecule has 0 saturated heterocycles. The van der Waals surface area contributed by atoms with Crippen LogP contribution in [0.3, 0.4) is 0 Å². The van der Waals surface area contributed by atoms with Crippen molar-refractivity contribution in [1.82, 2.24) is 10.3 Å². The number of nitrogens with zero attached hydrogens (tertiary/aromatic N) is 1. The topological polar surface area (TPSA) is 91.3 Å². The molecule has 6 nitrogen and oxygen atoms in total. The molecule has 1 rings (SSSR count). The largest absolute Gasteiger partial charge is 0.478 e. The van der Waals surface area contributed by atoms with Crippen molar-refractivity contribution in [2.45, 2.75) is 34.1 Å². The van der Waals surface area contributed by atoms with Crippen LogP contribution in [0.5, 0.6) is 0 Å². The smallest absolute Gasteiger partial charge is 0.339 e. The Bertz CT molecular complexity index is 527. The van der Waals surface area contributed by atoms with Crippen LogP contribution in [-0.4, -0.2) is 35.1 Å². The number of pyridine rings is 1. The summed E-state index contributed by atoms with van der Waals surface area (Å²) < 4.78 is 0. The van der Waals surface area contributed by atoms with Crippen LogP contribution in [0.4, 0.5) is 5.82 Å². The highest BCUT2D eigenvalue weighted by atomic mass is 16.4. The molecule has 1 heterocycles. The lowest BCUT2D eigenvalue weighted by atomic mass is 10.1. The fourth-order valence-corrected chi connectivity index (χ4v) is 1.94. The van der Waals surface area contributed by atoms with Crippen molar-refractivity contribution >= 4 is 17.7 Å². The number of hydrogen-bond acceptors (Lipinski definition) is 4. The van der Waals surface area contributed by atoms with E-state index in [1.54, 1.807) is 19.9 Å². The van der Waals surface area contributed by atoms with Crippen molar-refractivity contribution in [1.29, 1.82) is 0 Å². The Balaban J connectivity index is 2.63. The third-order valence-electron chi connectivity index (χ3n) is 2.91. The lowest BCUT2D eigenvalue weighted by Gasteiger charge is -2.12. The van der Waals surface area contributed by atoms with Gasteiger partial charge in [-0.05, 0) is 31.4 Å². The number of aryl methyl sites for hydroxylation is 2. The molecule has 0 aliphatic rings. The van der Waals surface area contributed by atoms with E-state index >= 15 is 0 Å². The molecule has 3 N–H and O–H groups in total. The maximum absolute atomic E-state index is 11.6. The molecule has 0 fully saturated rings. The Morgan fingerprint density at radius 3 is 2.57 bits per heavy atom. The molecular weight excluding hydrogens is 270 g/mol. The quantitative estimate of drug-likeness (QED) is 0.715. The number of anilines is 1. The van der Waals surface area contributed by atoms with Crippen molar-refractivity contribution in [3.05, 3.63) is 22.9 Å². The second kappa shape index (κ2) is 7.61. The summed E-state index contributed by atoms with van der Waals surface area (Å²) in [5.41, 5.74) is 1.55. The molecule has 0 saturated carbocycles. The number of hydrogen-bond donors (Lipinski definition) is 3. The zero-order chi connectivity index (χ0) is 16.0. The first-order chi connectivity index (χ1) is 9.81. The van der Waals surface area contributed by atoms with Gasteiger partial charge in [0.25, 0.3) is 0 Å². The fourth-order valence-electron chi connectivity index (χ4n) is 1.94. The SMILES string of the molecule is Cc1cc(C)c(C(=O)O)c(NCCC(=O)NCC(C)C)n1. The third kappa shape index (κ3) is 5.41. The fraction of sp³-hybridized carbons (Fsp3) is 0.533. The molecule has 0 atom stereocenters. The summed E-state index contributed by atoms with van der Waals surface area (Å²) in [6, 6.07) is 1.73. The van der Waals surface area contributed by atoms with Gasteiger partial charge in [-0.25, -0.2) is 9.78 Å². The number of carboxylic acids is 1. The van der Waals surface area contributed by atoms with Crippen LogP contribution < -0.4 is 10.6 Å². The summed E-state index contributed by atoms with van der Waals surface area (Å²) in [5, 5.41) is 15.0. The van der Waals surface area contributed by atoms with Crippen LogP contribution in [0, 0.1) is 19.8 Å². The lowest BCUT2D eigenvalue weighted by Crippen LogP contribution is -2.29. The van der Waals surface area contributed by atoms with E-state index in [0.29, 0.717) is 30.4 Å². The maximum Gasteiger partial charge on any atom is 0.339 e. The minimum absolute atomic E-state index is 0.0579. The zero-order valence-electron chi connectivity index (χ0n) is 13.0. The Kier molecular flexibility index (Phi) is 6.14. The van der Waals surface area contributed by atoms with Gasteiger partial charge in [0.1, 0.15) is 11.4 Å². The minimum atomic E-state index is -1.02. The highest BCUT2D eigenvalue weighted by Crippen LogP contribution is 2.18. The van der Waals surface area contributed by atoms with Crippen molar-refractivity contribution in [2.75, 3.05) is 18.4 Å². The molecule has 0 unspecified atom stereocenters. The van der Waals surface area contributed by atoms with E-state index in [1.807, 2.05) is 13.8 Å². The number of amides is 1. The van der Waals surface area contributed by atoms with Crippen LogP contribution in [0.25, 0.3) is 0 Å². The van der Waals surface area contributed by atoms with Crippen LogP contribution in [-0.2, 0) is 4.79 Å². The number of aromatic carboxylic acids is 1. The summed E-state index contributed by atoms with van der Waals surface area (Å²) in [4.78, 5) is 27.1. The Hall–Kier alpha value is -2.11. The first-order valence-electron chi connectivity index (χ1n) is 7.03. The van der Waals surface area contributed by atoms with E-state index < -0.39 is 5.97 Å². The van der Waals surface area contributed by atoms with E-state index in [-0.39, 0.29) is 17.9 Å². The van der Waals surface area contributed by atoms with Crippen molar-refractivity contribution in [2.24, 2.45) is 5.92 Å². The summed E-state index contributed by atoms with van der Waals surface area (Å²) in [7, 11) is 0. The molecule has 0 spiro atoms. The molecule has 0 aromatic carbocycles. The summed E-state index contributed by atoms with van der Waals surface area (Å²) in [6.07, 6.45) is 0.278. The van der Waals surface area contributed by atoms with Gasteiger partial charge in [0, 0.05) is 25.2 Å². The number of carbonyl (C=O) groups excluding carboxylic acids is 1. The van der Waals surface area contributed by atoms with Gasteiger partial charge in [0.05, 0.1) is 0 Å². The molecule has 1 aromatic heterocycles.